The molecule has 1 aliphatic rings. The lowest BCUT2D eigenvalue weighted by atomic mass is 10.0. The first-order chi connectivity index (χ1) is 8.43. The zero-order chi connectivity index (χ0) is 11.5. The van der Waals surface area contributed by atoms with Gasteiger partial charge in [0.2, 0.25) is 0 Å². The van der Waals surface area contributed by atoms with Crippen LogP contribution in [0.15, 0.2) is 23.0 Å². The van der Waals surface area contributed by atoms with Gasteiger partial charge in [-0.15, -0.1) is 0 Å². The smallest absolute Gasteiger partial charge is 0.259 e. The Labute approximate surface area is 98.4 Å². The quantitative estimate of drug-likeness (QED) is 0.840. The fourth-order valence-corrected chi connectivity index (χ4v) is 1.98. The number of hydrogen-bond acceptors (Lipinski definition) is 6. The van der Waals surface area contributed by atoms with Crippen molar-refractivity contribution in [3.8, 4) is 11.5 Å². The Balaban J connectivity index is 1.83. The molecule has 3 heterocycles. The molecule has 0 bridgehead atoms. The van der Waals surface area contributed by atoms with Crippen molar-refractivity contribution in [2.24, 2.45) is 0 Å². The van der Waals surface area contributed by atoms with Gasteiger partial charge in [0.25, 0.3) is 5.89 Å². The minimum Gasteiger partial charge on any atom is -0.334 e. The van der Waals surface area contributed by atoms with Gasteiger partial charge in [-0.05, 0) is 25.5 Å². The van der Waals surface area contributed by atoms with Crippen LogP contribution in [0, 0.1) is 0 Å². The summed E-state index contributed by atoms with van der Waals surface area (Å²) in [4.78, 5) is 4.40. The second kappa shape index (κ2) is 4.58. The standard InChI is InChI=1S/C11H13N5O/c1-2-5-12-9(3-1)10-15-11(17-16-10)8-4-6-13-14-7-8/h4,6-7,9,12H,1-3,5H2/t9-/m1/s1. The summed E-state index contributed by atoms with van der Waals surface area (Å²) >= 11 is 0. The van der Waals surface area contributed by atoms with Crippen molar-refractivity contribution in [2.75, 3.05) is 6.54 Å². The fourth-order valence-electron chi connectivity index (χ4n) is 1.98. The molecule has 6 heteroatoms. The predicted molar refractivity (Wildman–Crippen MR) is 59.9 cm³/mol. The van der Waals surface area contributed by atoms with Crippen molar-refractivity contribution in [1.82, 2.24) is 25.7 Å². The zero-order valence-corrected chi connectivity index (χ0v) is 9.33. The van der Waals surface area contributed by atoms with E-state index in [-0.39, 0.29) is 6.04 Å². The molecule has 0 saturated carbocycles. The average molecular weight is 231 g/mol. The molecule has 3 rings (SSSR count). The maximum atomic E-state index is 5.24. The van der Waals surface area contributed by atoms with Crippen LogP contribution in [0.2, 0.25) is 0 Å². The van der Waals surface area contributed by atoms with Crippen molar-refractivity contribution in [3.05, 3.63) is 24.3 Å². The van der Waals surface area contributed by atoms with Gasteiger partial charge in [0.15, 0.2) is 5.82 Å². The van der Waals surface area contributed by atoms with Crippen molar-refractivity contribution in [2.45, 2.75) is 25.3 Å². The molecule has 0 amide bonds. The topological polar surface area (TPSA) is 76.7 Å². The summed E-state index contributed by atoms with van der Waals surface area (Å²) in [7, 11) is 0. The third kappa shape index (κ3) is 2.16. The van der Waals surface area contributed by atoms with Crippen LogP contribution >= 0.6 is 0 Å². The Morgan fingerprint density at radius 2 is 2.29 bits per heavy atom. The molecular weight excluding hydrogens is 218 g/mol. The Kier molecular flexibility index (Phi) is 2.79. The highest BCUT2D eigenvalue weighted by Crippen LogP contribution is 2.23. The molecule has 1 saturated heterocycles. The normalized spacial score (nSPS) is 20.4. The van der Waals surface area contributed by atoms with E-state index in [1.807, 2.05) is 0 Å². The first kappa shape index (κ1) is 10.3. The van der Waals surface area contributed by atoms with Gasteiger partial charge in [0.1, 0.15) is 0 Å². The molecule has 1 aliphatic heterocycles. The van der Waals surface area contributed by atoms with E-state index in [4.69, 9.17) is 4.52 Å². The average Bonchev–Trinajstić information content (AvgIpc) is 2.90. The lowest BCUT2D eigenvalue weighted by Gasteiger charge is -2.19. The highest BCUT2D eigenvalue weighted by atomic mass is 16.5. The van der Waals surface area contributed by atoms with Crippen molar-refractivity contribution < 1.29 is 4.52 Å². The first-order valence-corrected chi connectivity index (χ1v) is 5.77. The number of nitrogens with one attached hydrogen (secondary N) is 1. The van der Waals surface area contributed by atoms with Crippen LogP contribution in [0.25, 0.3) is 11.5 Å². The molecule has 88 valence electrons. The molecule has 0 aliphatic carbocycles. The van der Waals surface area contributed by atoms with Crippen LogP contribution in [-0.4, -0.2) is 26.9 Å². The van der Waals surface area contributed by atoms with E-state index < -0.39 is 0 Å². The van der Waals surface area contributed by atoms with E-state index in [2.05, 4.69) is 25.7 Å². The molecule has 0 radical (unpaired) electrons. The van der Waals surface area contributed by atoms with Crippen LogP contribution in [0.1, 0.15) is 31.1 Å². The molecule has 17 heavy (non-hydrogen) atoms. The van der Waals surface area contributed by atoms with Gasteiger partial charge in [-0.2, -0.15) is 15.2 Å². The number of hydrogen-bond donors (Lipinski definition) is 1. The molecule has 0 spiro atoms. The van der Waals surface area contributed by atoms with Crippen molar-refractivity contribution >= 4 is 0 Å². The van der Waals surface area contributed by atoms with Crippen molar-refractivity contribution in [3.63, 3.8) is 0 Å². The summed E-state index contributed by atoms with van der Waals surface area (Å²) in [6.07, 6.45) is 6.71. The minimum absolute atomic E-state index is 0.219. The zero-order valence-electron chi connectivity index (χ0n) is 9.33. The summed E-state index contributed by atoms with van der Waals surface area (Å²) in [6.45, 7) is 1.02. The lowest BCUT2D eigenvalue weighted by molar-refractivity contribution is 0.367. The largest absolute Gasteiger partial charge is 0.334 e. The molecular formula is C11H13N5O. The molecule has 6 nitrogen and oxygen atoms in total. The minimum atomic E-state index is 0.219. The number of piperidine rings is 1. The Morgan fingerprint density at radius 1 is 1.29 bits per heavy atom. The second-order valence-corrected chi connectivity index (χ2v) is 4.09. The molecule has 0 aromatic carbocycles. The number of nitrogens with zero attached hydrogens (tertiary/aromatic N) is 4. The summed E-state index contributed by atoms with van der Waals surface area (Å²) in [6, 6.07) is 2.02. The van der Waals surface area contributed by atoms with Crippen LogP contribution in [0.5, 0.6) is 0 Å². The van der Waals surface area contributed by atoms with Crippen LogP contribution in [0.4, 0.5) is 0 Å². The van der Waals surface area contributed by atoms with Gasteiger partial charge in [0, 0.05) is 0 Å². The van der Waals surface area contributed by atoms with Gasteiger partial charge >= 0.3 is 0 Å². The van der Waals surface area contributed by atoms with E-state index in [0.29, 0.717) is 5.89 Å². The number of rotatable bonds is 2. The fraction of sp³-hybridized carbons (Fsp3) is 0.455. The highest BCUT2D eigenvalue weighted by Gasteiger charge is 2.20. The molecule has 1 fully saturated rings. The maximum Gasteiger partial charge on any atom is 0.259 e. The van der Waals surface area contributed by atoms with Gasteiger partial charge in [-0.3, -0.25) is 0 Å². The van der Waals surface area contributed by atoms with E-state index >= 15 is 0 Å². The van der Waals surface area contributed by atoms with E-state index in [9.17, 15) is 0 Å². The second-order valence-electron chi connectivity index (χ2n) is 4.09. The molecule has 2 aromatic heterocycles. The van der Waals surface area contributed by atoms with Gasteiger partial charge < -0.3 is 9.84 Å². The van der Waals surface area contributed by atoms with Crippen LogP contribution in [-0.2, 0) is 0 Å². The summed E-state index contributed by atoms with van der Waals surface area (Å²) in [5, 5.41) is 14.9. The van der Waals surface area contributed by atoms with E-state index in [1.165, 1.54) is 12.8 Å². The summed E-state index contributed by atoms with van der Waals surface area (Å²) < 4.78 is 5.24. The lowest BCUT2D eigenvalue weighted by Crippen LogP contribution is -2.27. The monoisotopic (exact) mass is 231 g/mol. The molecule has 0 unspecified atom stereocenters. The molecule has 2 aromatic rings. The third-order valence-electron chi connectivity index (χ3n) is 2.89. The summed E-state index contributed by atoms with van der Waals surface area (Å²) in [5.41, 5.74) is 0.801. The van der Waals surface area contributed by atoms with E-state index in [0.717, 1.165) is 24.4 Å². The van der Waals surface area contributed by atoms with Crippen molar-refractivity contribution in [1.29, 1.82) is 0 Å². The van der Waals surface area contributed by atoms with Gasteiger partial charge in [0.05, 0.1) is 24.0 Å². The van der Waals surface area contributed by atoms with Gasteiger partial charge in [-0.1, -0.05) is 11.6 Å². The van der Waals surface area contributed by atoms with Crippen LogP contribution in [0.3, 0.4) is 0 Å². The Morgan fingerprint density at radius 3 is 3.06 bits per heavy atom. The van der Waals surface area contributed by atoms with E-state index in [1.54, 1.807) is 18.5 Å². The van der Waals surface area contributed by atoms with Gasteiger partial charge in [-0.25, -0.2) is 0 Å². The van der Waals surface area contributed by atoms with Crippen LogP contribution < -0.4 is 5.32 Å². The highest BCUT2D eigenvalue weighted by molar-refractivity contribution is 5.49. The number of aromatic nitrogens is 4. The maximum absolute atomic E-state index is 5.24. The summed E-state index contributed by atoms with van der Waals surface area (Å²) in [5.74, 6) is 1.23. The predicted octanol–water partition coefficient (Wildman–Crippen LogP) is 1.34. The SMILES string of the molecule is c1cc(-c2nc([C@H]3CCCCN3)no2)cnn1. The Hall–Kier alpha value is -1.82. The third-order valence-corrected chi connectivity index (χ3v) is 2.89. The first-order valence-electron chi connectivity index (χ1n) is 5.77. The molecule has 1 N–H and O–H groups in total. The molecule has 1 atom stereocenters. The Bertz CT molecular complexity index is 478.